The molecule has 3 aromatic rings. The Kier molecular flexibility index (Phi) is 6.40. The number of hydrogen-bond donors (Lipinski definition) is 1. The minimum absolute atomic E-state index is 0.0486. The van der Waals surface area contributed by atoms with Crippen LogP contribution in [0.1, 0.15) is 35.2 Å². The first-order valence-electron chi connectivity index (χ1n) is 12.3. The lowest BCUT2D eigenvalue weighted by Gasteiger charge is -2.28. The minimum Gasteiger partial charge on any atom is -0.507 e. The molecule has 1 saturated heterocycles. The van der Waals surface area contributed by atoms with Crippen molar-refractivity contribution in [3.63, 3.8) is 0 Å². The van der Waals surface area contributed by atoms with E-state index in [4.69, 9.17) is 9.47 Å². The molecule has 8 heteroatoms. The first-order chi connectivity index (χ1) is 18.2. The molecular weight excluding hydrogens is 484 g/mol. The number of esters is 1. The SMILES string of the molecule is CC(=O)Oc1cccc(C2/C(=C(/O)c3ccc4c(c3)N(C)CCO4)C(=O)C(=O)N2c2ccc(C)c(C)c2)c1. The van der Waals surface area contributed by atoms with Crippen molar-refractivity contribution in [2.45, 2.75) is 26.8 Å². The van der Waals surface area contributed by atoms with E-state index in [2.05, 4.69) is 0 Å². The summed E-state index contributed by atoms with van der Waals surface area (Å²) in [7, 11) is 1.92. The molecule has 0 saturated carbocycles. The normalized spacial score (nSPS) is 18.3. The van der Waals surface area contributed by atoms with Crippen LogP contribution in [0.3, 0.4) is 0 Å². The van der Waals surface area contributed by atoms with E-state index >= 15 is 0 Å². The lowest BCUT2D eigenvalue weighted by molar-refractivity contribution is -0.132. The maximum atomic E-state index is 13.5. The second-order valence-corrected chi connectivity index (χ2v) is 9.56. The topological polar surface area (TPSA) is 96.4 Å². The summed E-state index contributed by atoms with van der Waals surface area (Å²) in [6.07, 6.45) is 0. The Morgan fingerprint density at radius 3 is 2.55 bits per heavy atom. The number of amides is 1. The van der Waals surface area contributed by atoms with Gasteiger partial charge in [0.1, 0.15) is 23.9 Å². The second kappa shape index (κ2) is 9.70. The van der Waals surface area contributed by atoms with E-state index in [1.807, 2.05) is 37.9 Å². The van der Waals surface area contributed by atoms with E-state index in [1.165, 1.54) is 11.8 Å². The minimum atomic E-state index is -0.947. The molecule has 1 unspecified atom stereocenters. The predicted octanol–water partition coefficient (Wildman–Crippen LogP) is 4.68. The van der Waals surface area contributed by atoms with Gasteiger partial charge in [0.15, 0.2) is 0 Å². The maximum absolute atomic E-state index is 13.5. The molecule has 2 aliphatic rings. The second-order valence-electron chi connectivity index (χ2n) is 9.56. The van der Waals surface area contributed by atoms with Gasteiger partial charge in [0, 0.05) is 25.2 Å². The number of ether oxygens (including phenoxy) is 2. The van der Waals surface area contributed by atoms with Gasteiger partial charge in [-0.15, -0.1) is 0 Å². The molecule has 5 rings (SSSR count). The number of aryl methyl sites for hydroxylation is 2. The number of aliphatic hydroxyl groups is 1. The number of fused-ring (bicyclic) bond motifs is 1. The number of likely N-dealkylation sites (N-methyl/N-ethyl adjacent to an activating group) is 1. The number of carbonyl (C=O) groups is 3. The van der Waals surface area contributed by atoms with Crippen LogP contribution in [0.15, 0.2) is 66.2 Å². The average Bonchev–Trinajstić information content (AvgIpc) is 3.15. The van der Waals surface area contributed by atoms with E-state index in [-0.39, 0.29) is 17.1 Å². The first-order valence-corrected chi connectivity index (χ1v) is 12.3. The zero-order valence-corrected chi connectivity index (χ0v) is 21.6. The molecule has 0 radical (unpaired) electrons. The van der Waals surface area contributed by atoms with Gasteiger partial charge >= 0.3 is 5.97 Å². The van der Waals surface area contributed by atoms with E-state index in [1.54, 1.807) is 48.5 Å². The van der Waals surface area contributed by atoms with Gasteiger partial charge in [0.05, 0.1) is 23.8 Å². The molecule has 194 valence electrons. The highest BCUT2D eigenvalue weighted by Crippen LogP contribution is 2.44. The molecule has 0 aliphatic carbocycles. The smallest absolute Gasteiger partial charge is 0.308 e. The summed E-state index contributed by atoms with van der Waals surface area (Å²) in [5.41, 5.74) is 4.15. The fourth-order valence-corrected chi connectivity index (χ4v) is 4.86. The molecule has 1 N–H and O–H groups in total. The average molecular weight is 513 g/mol. The molecule has 0 bridgehead atoms. The van der Waals surface area contributed by atoms with Crippen molar-refractivity contribution in [1.82, 2.24) is 0 Å². The number of aliphatic hydroxyl groups excluding tert-OH is 1. The number of anilines is 2. The highest BCUT2D eigenvalue weighted by atomic mass is 16.5. The molecule has 8 nitrogen and oxygen atoms in total. The molecule has 1 fully saturated rings. The van der Waals surface area contributed by atoms with Gasteiger partial charge in [0.2, 0.25) is 0 Å². The highest BCUT2D eigenvalue weighted by molar-refractivity contribution is 6.51. The molecule has 3 aromatic carbocycles. The van der Waals surface area contributed by atoms with Crippen LogP contribution in [0, 0.1) is 13.8 Å². The van der Waals surface area contributed by atoms with Crippen LogP contribution < -0.4 is 19.3 Å². The van der Waals surface area contributed by atoms with Crippen LogP contribution in [0.2, 0.25) is 0 Å². The van der Waals surface area contributed by atoms with Crippen molar-refractivity contribution < 1.29 is 29.0 Å². The third kappa shape index (κ3) is 4.38. The summed E-state index contributed by atoms with van der Waals surface area (Å²) >= 11 is 0. The van der Waals surface area contributed by atoms with Gasteiger partial charge in [-0.25, -0.2) is 0 Å². The molecule has 1 amide bonds. The van der Waals surface area contributed by atoms with Gasteiger partial charge in [-0.3, -0.25) is 19.3 Å². The van der Waals surface area contributed by atoms with Crippen molar-refractivity contribution in [2.75, 3.05) is 30.0 Å². The van der Waals surface area contributed by atoms with Crippen LogP contribution in [0.4, 0.5) is 11.4 Å². The molecule has 38 heavy (non-hydrogen) atoms. The monoisotopic (exact) mass is 512 g/mol. The Balaban J connectivity index is 1.71. The largest absolute Gasteiger partial charge is 0.507 e. The number of ketones is 1. The standard InChI is InChI=1S/C30H28N2O6/c1-17-8-10-22(14-18(17)2)32-27(20-6-5-7-23(15-20)38-19(3)33)26(29(35)30(32)36)28(34)21-9-11-25-24(16-21)31(4)12-13-37-25/h5-11,14-16,27,34H,12-13H2,1-4H3/b28-26-. The fraction of sp³-hybridized carbons (Fsp3) is 0.233. The summed E-state index contributed by atoms with van der Waals surface area (Å²) < 4.78 is 11.0. The van der Waals surface area contributed by atoms with E-state index < -0.39 is 23.7 Å². The Hall–Kier alpha value is -4.59. The maximum Gasteiger partial charge on any atom is 0.308 e. The Morgan fingerprint density at radius 1 is 1.03 bits per heavy atom. The first kappa shape index (κ1) is 25.1. The number of rotatable bonds is 4. The summed E-state index contributed by atoms with van der Waals surface area (Å²) in [6.45, 7) is 6.41. The van der Waals surface area contributed by atoms with Crippen molar-refractivity contribution in [3.8, 4) is 11.5 Å². The molecule has 2 aliphatic heterocycles. The van der Waals surface area contributed by atoms with Crippen molar-refractivity contribution in [1.29, 1.82) is 0 Å². The van der Waals surface area contributed by atoms with Crippen molar-refractivity contribution in [2.24, 2.45) is 0 Å². The Bertz CT molecular complexity index is 1510. The molecular formula is C30H28N2O6. The van der Waals surface area contributed by atoms with Crippen LogP contribution in [-0.2, 0) is 14.4 Å². The number of carbonyl (C=O) groups excluding carboxylic acids is 3. The zero-order chi connectivity index (χ0) is 27.1. The fourth-order valence-electron chi connectivity index (χ4n) is 4.86. The highest BCUT2D eigenvalue weighted by Gasteiger charge is 2.47. The summed E-state index contributed by atoms with van der Waals surface area (Å²) in [6, 6.07) is 16.4. The third-order valence-corrected chi connectivity index (χ3v) is 6.98. The van der Waals surface area contributed by atoms with E-state index in [0.29, 0.717) is 35.7 Å². The number of hydrogen-bond acceptors (Lipinski definition) is 7. The molecule has 2 heterocycles. The van der Waals surface area contributed by atoms with Crippen LogP contribution >= 0.6 is 0 Å². The van der Waals surface area contributed by atoms with E-state index in [0.717, 1.165) is 16.8 Å². The number of benzene rings is 3. The lowest BCUT2D eigenvalue weighted by atomic mass is 9.94. The molecule has 0 aromatic heterocycles. The summed E-state index contributed by atoms with van der Waals surface area (Å²) in [4.78, 5) is 42.0. The molecule has 0 spiro atoms. The predicted molar refractivity (Wildman–Crippen MR) is 144 cm³/mol. The van der Waals surface area contributed by atoms with Gasteiger partial charge in [-0.1, -0.05) is 18.2 Å². The Labute approximate surface area is 220 Å². The third-order valence-electron chi connectivity index (χ3n) is 6.98. The summed E-state index contributed by atoms with van der Waals surface area (Å²) in [5.74, 6) is -1.39. The number of nitrogens with zero attached hydrogens (tertiary/aromatic N) is 2. The molecule has 1 atom stereocenters. The Morgan fingerprint density at radius 2 is 1.82 bits per heavy atom. The lowest BCUT2D eigenvalue weighted by Crippen LogP contribution is -2.29. The zero-order valence-electron chi connectivity index (χ0n) is 21.6. The van der Waals surface area contributed by atoms with Crippen molar-refractivity contribution >= 4 is 34.8 Å². The van der Waals surface area contributed by atoms with E-state index in [9.17, 15) is 19.5 Å². The van der Waals surface area contributed by atoms with Gasteiger partial charge in [0.25, 0.3) is 11.7 Å². The van der Waals surface area contributed by atoms with Gasteiger partial charge in [-0.05, 0) is 73.0 Å². The van der Waals surface area contributed by atoms with Crippen LogP contribution in [-0.4, -0.2) is 43.0 Å². The van der Waals surface area contributed by atoms with Crippen molar-refractivity contribution in [3.05, 3.63) is 88.5 Å². The quantitative estimate of drug-likeness (QED) is 0.178. The van der Waals surface area contributed by atoms with Gasteiger partial charge < -0.3 is 19.5 Å². The van der Waals surface area contributed by atoms with Gasteiger partial charge in [-0.2, -0.15) is 0 Å². The van der Waals surface area contributed by atoms with Crippen LogP contribution in [0.5, 0.6) is 11.5 Å². The number of Topliss-reactive ketones (excluding diaryl/α,β-unsaturated/α-hetero) is 1. The summed E-state index contributed by atoms with van der Waals surface area (Å²) in [5, 5.41) is 11.5. The van der Waals surface area contributed by atoms with Crippen LogP contribution in [0.25, 0.3) is 5.76 Å².